The van der Waals surface area contributed by atoms with Gasteiger partial charge in [0, 0.05) is 42.3 Å². The highest BCUT2D eigenvalue weighted by Crippen LogP contribution is 2.45. The van der Waals surface area contributed by atoms with Crippen molar-refractivity contribution < 1.29 is 9.47 Å². The Kier molecular flexibility index (Phi) is 22.5. The smallest absolute Gasteiger partial charge is 0.0577 e. The summed E-state index contributed by atoms with van der Waals surface area (Å²) in [6, 6.07) is 0. The minimum absolute atomic E-state index is 0.498. The van der Waals surface area contributed by atoms with Crippen LogP contribution in [0.2, 0.25) is 37.3 Å². The topological polar surface area (TPSA) is 18.5 Å². The summed E-state index contributed by atoms with van der Waals surface area (Å²) in [7, 11) is 6.70. The maximum Gasteiger partial charge on any atom is 0.0577 e. The molecule has 182 valence electrons. The highest BCUT2D eigenvalue weighted by Gasteiger charge is 2.26. The van der Waals surface area contributed by atoms with Gasteiger partial charge in [0.15, 0.2) is 0 Å². The Morgan fingerprint density at radius 2 is 0.967 bits per heavy atom. The van der Waals surface area contributed by atoms with Crippen molar-refractivity contribution in [1.82, 2.24) is 0 Å². The molecular weight excluding hydrogens is 481 g/mol. The molecule has 0 rings (SSSR count). The van der Waals surface area contributed by atoms with Crippen molar-refractivity contribution in [2.75, 3.05) is 24.7 Å². The van der Waals surface area contributed by atoms with Gasteiger partial charge in [-0.05, 0) is 70.3 Å². The van der Waals surface area contributed by atoms with Crippen molar-refractivity contribution in [2.45, 2.75) is 116 Å². The lowest BCUT2D eigenvalue weighted by Crippen LogP contribution is -2.29. The zero-order valence-electron chi connectivity index (χ0n) is 21.0. The summed E-state index contributed by atoms with van der Waals surface area (Å²) in [4.78, 5) is 0. The van der Waals surface area contributed by atoms with E-state index < -0.39 is 17.6 Å². The van der Waals surface area contributed by atoms with Crippen molar-refractivity contribution >= 4 is 58.8 Å². The maximum absolute atomic E-state index is 6.11. The Hall–Kier alpha value is 1.75. The minimum Gasteiger partial charge on any atom is -0.379 e. The van der Waals surface area contributed by atoms with E-state index in [1.165, 1.54) is 50.0 Å². The molecule has 0 aliphatic carbocycles. The average Bonchev–Trinajstić information content (AvgIpc) is 2.69. The molecule has 0 amide bonds. The lowest BCUT2D eigenvalue weighted by molar-refractivity contribution is 0.0492. The van der Waals surface area contributed by atoms with Crippen LogP contribution in [0.25, 0.3) is 0 Å². The molecule has 0 fully saturated rings. The lowest BCUT2D eigenvalue weighted by Gasteiger charge is -2.29. The molecule has 0 aromatic heterocycles. The van der Waals surface area contributed by atoms with Crippen LogP contribution in [-0.4, -0.2) is 54.5 Å². The van der Waals surface area contributed by atoms with Crippen molar-refractivity contribution in [1.29, 1.82) is 0 Å². The molecule has 0 aliphatic heterocycles. The van der Waals surface area contributed by atoms with Crippen LogP contribution in [0.15, 0.2) is 0 Å². The molecule has 2 nitrogen and oxygen atoms in total. The summed E-state index contributed by atoms with van der Waals surface area (Å²) in [5.41, 5.74) is 1.64. The first-order valence-electron chi connectivity index (χ1n) is 12.2. The highest BCUT2D eigenvalue weighted by molar-refractivity contribution is 9.26. The standard InChI is InChI=1S/C22H50O2S4Si2/c1-9-13-19(23-11-3)21(29(5)6)15-17-25-27-28-26-18-16-22(30(7)8)20(14-10-2)24-12-4/h19-22,29-30H,9-18H2,1-8H3. The zero-order valence-corrected chi connectivity index (χ0v) is 26.6. The Labute approximate surface area is 207 Å². The molecule has 8 heteroatoms. The second kappa shape index (κ2) is 21.3. The third-order valence-electron chi connectivity index (χ3n) is 5.77. The first kappa shape index (κ1) is 31.8. The Morgan fingerprint density at radius 1 is 0.600 bits per heavy atom. The highest BCUT2D eigenvalue weighted by atomic mass is 33.7. The van der Waals surface area contributed by atoms with E-state index in [-0.39, 0.29) is 0 Å². The molecule has 0 saturated heterocycles. The Bertz CT molecular complexity index is 333. The Balaban J connectivity index is 4.15. The number of hydrogen-bond acceptors (Lipinski definition) is 6. The molecule has 4 unspecified atom stereocenters. The summed E-state index contributed by atoms with van der Waals surface area (Å²) >= 11 is 0. The van der Waals surface area contributed by atoms with Gasteiger partial charge in [0.2, 0.25) is 0 Å². The van der Waals surface area contributed by atoms with Crippen molar-refractivity contribution in [3.8, 4) is 0 Å². The summed E-state index contributed by atoms with van der Waals surface area (Å²) in [5, 5.41) is 0. The van der Waals surface area contributed by atoms with Gasteiger partial charge in [-0.2, -0.15) is 0 Å². The van der Waals surface area contributed by atoms with Crippen LogP contribution in [0.4, 0.5) is 0 Å². The third-order valence-corrected chi connectivity index (χ3v) is 17.2. The molecule has 0 saturated carbocycles. The van der Waals surface area contributed by atoms with Gasteiger partial charge in [0.05, 0.1) is 12.2 Å². The molecule has 0 heterocycles. The summed E-state index contributed by atoms with van der Waals surface area (Å²) in [6.45, 7) is 20.6. The first-order valence-corrected chi connectivity index (χ1v) is 23.3. The number of ether oxygens (including phenoxy) is 2. The third kappa shape index (κ3) is 14.8. The molecule has 0 spiro atoms. The first-order chi connectivity index (χ1) is 14.4. The van der Waals surface area contributed by atoms with Gasteiger partial charge >= 0.3 is 0 Å². The fourth-order valence-electron chi connectivity index (χ4n) is 4.21. The predicted molar refractivity (Wildman–Crippen MR) is 155 cm³/mol. The Morgan fingerprint density at radius 3 is 1.23 bits per heavy atom. The zero-order chi connectivity index (χ0) is 22.8. The van der Waals surface area contributed by atoms with Crippen molar-refractivity contribution in [3.63, 3.8) is 0 Å². The van der Waals surface area contributed by atoms with E-state index in [1.807, 2.05) is 41.2 Å². The summed E-state index contributed by atoms with van der Waals surface area (Å²) in [5.74, 6) is 2.51. The maximum atomic E-state index is 6.11. The SMILES string of the molecule is CCCC(OCC)C(CCSSSSCCC(C(CCC)OCC)[SiH](C)C)[SiH](C)C. The molecular formula is C22H50O2S4Si2. The van der Waals surface area contributed by atoms with E-state index in [1.54, 1.807) is 0 Å². The normalized spacial score (nSPS) is 16.2. The molecule has 0 bridgehead atoms. The van der Waals surface area contributed by atoms with Crippen LogP contribution in [0, 0.1) is 0 Å². The van der Waals surface area contributed by atoms with Crippen LogP contribution in [0.5, 0.6) is 0 Å². The van der Waals surface area contributed by atoms with E-state index in [0.29, 0.717) is 12.2 Å². The van der Waals surface area contributed by atoms with Gasteiger partial charge in [-0.3, -0.25) is 0 Å². The second-order valence-corrected chi connectivity index (χ2v) is 21.7. The van der Waals surface area contributed by atoms with Crippen LogP contribution >= 0.6 is 41.2 Å². The molecule has 0 aliphatic rings. The van der Waals surface area contributed by atoms with Crippen molar-refractivity contribution in [2.24, 2.45) is 0 Å². The van der Waals surface area contributed by atoms with E-state index in [0.717, 1.165) is 24.3 Å². The van der Waals surface area contributed by atoms with Gasteiger partial charge in [-0.15, -0.1) is 0 Å². The van der Waals surface area contributed by atoms with Crippen LogP contribution in [0.3, 0.4) is 0 Å². The van der Waals surface area contributed by atoms with Crippen molar-refractivity contribution in [3.05, 3.63) is 0 Å². The molecule has 4 atom stereocenters. The quantitative estimate of drug-likeness (QED) is 0.0834. The average molecular weight is 531 g/mol. The summed E-state index contributed by atoms with van der Waals surface area (Å²) in [6.07, 6.45) is 8.58. The molecule has 30 heavy (non-hydrogen) atoms. The number of hydrogen-bond donors (Lipinski definition) is 0. The largest absolute Gasteiger partial charge is 0.379 e. The van der Waals surface area contributed by atoms with Crippen LogP contribution in [0.1, 0.15) is 66.2 Å². The fourth-order valence-corrected chi connectivity index (χ4v) is 14.9. The fraction of sp³-hybridized carbons (Fsp3) is 1.00. The molecule has 0 N–H and O–H groups in total. The monoisotopic (exact) mass is 530 g/mol. The van der Waals surface area contributed by atoms with Gasteiger partial charge in [-0.25, -0.2) is 0 Å². The van der Waals surface area contributed by atoms with Gasteiger partial charge in [0.1, 0.15) is 0 Å². The molecule has 0 aromatic carbocycles. The van der Waals surface area contributed by atoms with E-state index in [9.17, 15) is 0 Å². The molecule has 0 aromatic rings. The van der Waals surface area contributed by atoms with Crippen LogP contribution in [-0.2, 0) is 9.47 Å². The van der Waals surface area contributed by atoms with Gasteiger partial charge in [-0.1, -0.05) is 74.5 Å². The van der Waals surface area contributed by atoms with E-state index in [2.05, 4.69) is 53.9 Å². The van der Waals surface area contributed by atoms with E-state index in [4.69, 9.17) is 9.47 Å². The molecule has 0 radical (unpaired) electrons. The number of rotatable bonds is 21. The summed E-state index contributed by atoms with van der Waals surface area (Å²) < 4.78 is 12.2. The van der Waals surface area contributed by atoms with Gasteiger partial charge in [0.25, 0.3) is 0 Å². The lowest BCUT2D eigenvalue weighted by atomic mass is 10.1. The second-order valence-electron chi connectivity index (χ2n) is 8.74. The van der Waals surface area contributed by atoms with Crippen LogP contribution < -0.4 is 0 Å². The van der Waals surface area contributed by atoms with Gasteiger partial charge < -0.3 is 9.47 Å². The minimum atomic E-state index is -0.688. The van der Waals surface area contributed by atoms with E-state index >= 15 is 0 Å². The predicted octanol–water partition coefficient (Wildman–Crippen LogP) is 8.57.